The molecule has 1 heterocycles. The number of likely N-dealkylation sites (N-methyl/N-ethyl adjacent to an activating group) is 1. The van der Waals surface area contributed by atoms with Gasteiger partial charge in [-0.25, -0.2) is 0 Å². The first kappa shape index (κ1) is 14.4. The van der Waals surface area contributed by atoms with Crippen LogP contribution in [0.4, 0.5) is 5.95 Å². The van der Waals surface area contributed by atoms with Gasteiger partial charge < -0.3 is 19.7 Å². The van der Waals surface area contributed by atoms with Gasteiger partial charge in [0.2, 0.25) is 5.95 Å². The lowest BCUT2D eigenvalue weighted by Gasteiger charge is -2.32. The third-order valence-corrected chi connectivity index (χ3v) is 2.85. The molecule has 102 valence electrons. The molecule has 0 aliphatic carbocycles. The van der Waals surface area contributed by atoms with Crippen molar-refractivity contribution in [1.29, 1.82) is 0 Å². The number of nitrogens with zero attached hydrogens (tertiary/aromatic N) is 4. The Morgan fingerprint density at radius 2 is 1.56 bits per heavy atom. The fourth-order valence-electron chi connectivity index (χ4n) is 1.05. The molecule has 1 N–H and O–H groups in total. The van der Waals surface area contributed by atoms with E-state index >= 15 is 0 Å². The van der Waals surface area contributed by atoms with Gasteiger partial charge in [0, 0.05) is 12.1 Å². The Kier molecular flexibility index (Phi) is 4.66. The molecular formula is C11H21N5O2. The maximum atomic E-state index is 4.98. The summed E-state index contributed by atoms with van der Waals surface area (Å²) in [6.45, 7) is 4.93. The van der Waals surface area contributed by atoms with Crippen LogP contribution < -0.4 is 14.8 Å². The molecule has 18 heavy (non-hydrogen) atoms. The summed E-state index contributed by atoms with van der Waals surface area (Å²) in [7, 11) is 7.05. The highest BCUT2D eigenvalue weighted by atomic mass is 16.5. The van der Waals surface area contributed by atoms with E-state index < -0.39 is 0 Å². The van der Waals surface area contributed by atoms with E-state index in [2.05, 4.69) is 39.0 Å². The number of hydrogen-bond acceptors (Lipinski definition) is 7. The van der Waals surface area contributed by atoms with Gasteiger partial charge in [-0.3, -0.25) is 0 Å². The fourth-order valence-corrected chi connectivity index (χ4v) is 1.05. The molecule has 0 saturated carbocycles. The number of nitrogens with one attached hydrogen (secondary N) is 1. The normalized spacial score (nSPS) is 11.5. The molecule has 1 rings (SSSR count). The molecule has 1 aromatic rings. The van der Waals surface area contributed by atoms with Crippen LogP contribution in [0.5, 0.6) is 12.0 Å². The molecule has 1 aromatic heterocycles. The van der Waals surface area contributed by atoms with Crippen LogP contribution in [0, 0.1) is 0 Å². The van der Waals surface area contributed by atoms with E-state index in [0.717, 1.165) is 0 Å². The average molecular weight is 255 g/mol. The standard InChI is InChI=1S/C11H21N5O2/c1-11(2,16(3)4)7-12-8-13-9(17-5)15-10(14-8)18-6/h7H2,1-6H3,(H,12,13,14,15). The molecule has 0 aliphatic rings. The summed E-state index contributed by atoms with van der Waals surface area (Å²) in [5, 5.41) is 3.15. The van der Waals surface area contributed by atoms with Gasteiger partial charge in [0.05, 0.1) is 14.2 Å². The molecule has 0 atom stereocenters. The van der Waals surface area contributed by atoms with Crippen molar-refractivity contribution < 1.29 is 9.47 Å². The lowest BCUT2D eigenvalue weighted by molar-refractivity contribution is 0.209. The summed E-state index contributed by atoms with van der Waals surface area (Å²) >= 11 is 0. The molecule has 0 amide bonds. The van der Waals surface area contributed by atoms with Crippen molar-refractivity contribution in [1.82, 2.24) is 19.9 Å². The zero-order valence-electron chi connectivity index (χ0n) is 11.8. The van der Waals surface area contributed by atoms with Crippen LogP contribution in [0.15, 0.2) is 0 Å². The summed E-state index contributed by atoms with van der Waals surface area (Å²) in [5.41, 5.74) is -0.0207. The van der Waals surface area contributed by atoms with Gasteiger partial charge in [-0.2, -0.15) is 9.97 Å². The highest BCUT2D eigenvalue weighted by molar-refractivity contribution is 5.28. The van der Waals surface area contributed by atoms with Crippen LogP contribution in [0.25, 0.3) is 0 Å². The van der Waals surface area contributed by atoms with Crippen LogP contribution in [0.3, 0.4) is 0 Å². The Balaban J connectivity index is 2.78. The fraction of sp³-hybridized carbons (Fsp3) is 0.727. The maximum Gasteiger partial charge on any atom is 0.324 e. The van der Waals surface area contributed by atoms with Crippen LogP contribution >= 0.6 is 0 Å². The Morgan fingerprint density at radius 3 is 1.94 bits per heavy atom. The smallest absolute Gasteiger partial charge is 0.324 e. The number of methoxy groups -OCH3 is 2. The molecule has 0 unspecified atom stereocenters. The minimum atomic E-state index is -0.0207. The molecule has 0 aliphatic heterocycles. The second-order valence-corrected chi connectivity index (χ2v) is 4.69. The predicted octanol–water partition coefficient (Wildman–Crippen LogP) is 0.641. The zero-order valence-corrected chi connectivity index (χ0v) is 11.8. The first-order valence-electron chi connectivity index (χ1n) is 5.64. The monoisotopic (exact) mass is 255 g/mol. The van der Waals surface area contributed by atoms with Crippen LogP contribution in [-0.2, 0) is 0 Å². The van der Waals surface area contributed by atoms with Crippen molar-refractivity contribution in [2.75, 3.05) is 40.2 Å². The first-order valence-corrected chi connectivity index (χ1v) is 5.64. The second-order valence-electron chi connectivity index (χ2n) is 4.69. The van der Waals surface area contributed by atoms with Gasteiger partial charge in [0.15, 0.2) is 0 Å². The SMILES string of the molecule is COc1nc(NCC(C)(C)N(C)C)nc(OC)n1. The molecule has 0 saturated heterocycles. The summed E-state index contributed by atoms with van der Waals surface area (Å²) in [6, 6.07) is 0.457. The quantitative estimate of drug-likeness (QED) is 0.799. The average Bonchev–Trinajstić information content (AvgIpc) is 2.35. The highest BCUT2D eigenvalue weighted by Gasteiger charge is 2.20. The number of rotatable bonds is 6. The lowest BCUT2D eigenvalue weighted by Crippen LogP contribution is -2.44. The summed E-state index contributed by atoms with van der Waals surface area (Å²) in [5.74, 6) is 0.439. The van der Waals surface area contributed by atoms with E-state index in [1.54, 1.807) is 0 Å². The van der Waals surface area contributed by atoms with E-state index in [0.29, 0.717) is 12.5 Å². The van der Waals surface area contributed by atoms with E-state index in [1.807, 2.05) is 14.1 Å². The molecule has 0 aromatic carbocycles. The van der Waals surface area contributed by atoms with Crippen molar-refractivity contribution in [3.8, 4) is 12.0 Å². The summed E-state index contributed by atoms with van der Waals surface area (Å²) in [4.78, 5) is 14.3. The number of anilines is 1. The van der Waals surface area contributed by atoms with E-state index in [9.17, 15) is 0 Å². The number of aromatic nitrogens is 3. The third kappa shape index (κ3) is 3.69. The number of hydrogen-bond donors (Lipinski definition) is 1. The second kappa shape index (κ2) is 5.81. The minimum absolute atomic E-state index is 0.0207. The van der Waals surface area contributed by atoms with Crippen molar-refractivity contribution in [2.45, 2.75) is 19.4 Å². The molecular weight excluding hydrogens is 234 g/mol. The van der Waals surface area contributed by atoms with Crippen LogP contribution in [-0.4, -0.2) is 60.3 Å². The highest BCUT2D eigenvalue weighted by Crippen LogP contribution is 2.14. The van der Waals surface area contributed by atoms with Gasteiger partial charge in [-0.1, -0.05) is 0 Å². The molecule has 7 heteroatoms. The molecule has 7 nitrogen and oxygen atoms in total. The molecule has 0 fully saturated rings. The number of ether oxygens (including phenoxy) is 2. The van der Waals surface area contributed by atoms with Crippen molar-refractivity contribution >= 4 is 5.95 Å². The molecule has 0 radical (unpaired) electrons. The lowest BCUT2D eigenvalue weighted by atomic mass is 10.1. The Labute approximate surface area is 108 Å². The van der Waals surface area contributed by atoms with Crippen molar-refractivity contribution in [3.63, 3.8) is 0 Å². The van der Waals surface area contributed by atoms with Crippen LogP contribution in [0.2, 0.25) is 0 Å². The minimum Gasteiger partial charge on any atom is -0.467 e. The van der Waals surface area contributed by atoms with Crippen LogP contribution in [0.1, 0.15) is 13.8 Å². The van der Waals surface area contributed by atoms with E-state index in [1.165, 1.54) is 14.2 Å². The first-order chi connectivity index (χ1) is 8.39. The Bertz CT molecular complexity index is 373. The van der Waals surface area contributed by atoms with Gasteiger partial charge in [0.25, 0.3) is 0 Å². The van der Waals surface area contributed by atoms with Gasteiger partial charge >= 0.3 is 12.0 Å². The van der Waals surface area contributed by atoms with Crippen molar-refractivity contribution in [3.05, 3.63) is 0 Å². The summed E-state index contributed by atoms with van der Waals surface area (Å²) in [6.07, 6.45) is 0. The van der Waals surface area contributed by atoms with Gasteiger partial charge in [0.1, 0.15) is 0 Å². The van der Waals surface area contributed by atoms with E-state index in [4.69, 9.17) is 9.47 Å². The molecule has 0 bridgehead atoms. The summed E-state index contributed by atoms with van der Waals surface area (Å²) < 4.78 is 9.97. The van der Waals surface area contributed by atoms with Gasteiger partial charge in [-0.15, -0.1) is 4.98 Å². The topological polar surface area (TPSA) is 72.4 Å². The maximum absolute atomic E-state index is 4.98. The van der Waals surface area contributed by atoms with Gasteiger partial charge in [-0.05, 0) is 27.9 Å². The Morgan fingerprint density at radius 1 is 1.06 bits per heavy atom. The van der Waals surface area contributed by atoms with E-state index in [-0.39, 0.29) is 17.6 Å². The Hall–Kier alpha value is -1.63. The molecule has 0 spiro atoms. The zero-order chi connectivity index (χ0) is 13.8. The largest absolute Gasteiger partial charge is 0.467 e. The predicted molar refractivity (Wildman–Crippen MR) is 69.2 cm³/mol. The third-order valence-electron chi connectivity index (χ3n) is 2.85. The van der Waals surface area contributed by atoms with Crippen molar-refractivity contribution in [2.24, 2.45) is 0 Å².